The smallest absolute Gasteiger partial charge is 0.154 e. The summed E-state index contributed by atoms with van der Waals surface area (Å²) in [5.74, 6) is 0.0738. The van der Waals surface area contributed by atoms with Crippen LogP contribution in [0.3, 0.4) is 0 Å². The zero-order chi connectivity index (χ0) is 13.9. The van der Waals surface area contributed by atoms with E-state index in [1.807, 2.05) is 6.92 Å². The Morgan fingerprint density at radius 1 is 1.28 bits per heavy atom. The van der Waals surface area contributed by atoms with Gasteiger partial charge in [0.2, 0.25) is 0 Å². The summed E-state index contributed by atoms with van der Waals surface area (Å²) in [5.41, 5.74) is 6.67. The maximum atomic E-state index is 12.0. The molecule has 1 aromatic rings. The van der Waals surface area contributed by atoms with Gasteiger partial charge in [-0.2, -0.15) is 0 Å². The number of hydrogen-bond acceptors (Lipinski definition) is 3. The summed E-state index contributed by atoms with van der Waals surface area (Å²) in [6, 6.07) is 4.28. The fraction of sp³-hybridized carbons (Fsp3) is 0.500. The molecule has 2 N–H and O–H groups in total. The molecular formula is C12H17Cl2NO2S. The maximum Gasteiger partial charge on any atom is 0.154 e. The molecule has 0 aliphatic heterocycles. The molecule has 0 aromatic heterocycles. The Labute approximate surface area is 118 Å². The molecule has 3 nitrogen and oxygen atoms in total. The summed E-state index contributed by atoms with van der Waals surface area (Å²) >= 11 is 11.9. The topological polar surface area (TPSA) is 60.2 Å². The summed E-state index contributed by atoms with van der Waals surface area (Å²) < 4.78 is 23.9. The Hall–Kier alpha value is -0.290. The van der Waals surface area contributed by atoms with E-state index >= 15 is 0 Å². The van der Waals surface area contributed by atoms with Crippen molar-refractivity contribution >= 4 is 33.0 Å². The van der Waals surface area contributed by atoms with Gasteiger partial charge in [-0.05, 0) is 24.1 Å². The van der Waals surface area contributed by atoms with Gasteiger partial charge in [0.15, 0.2) is 9.84 Å². The third-order valence-corrected chi connectivity index (χ3v) is 5.90. The predicted molar refractivity (Wildman–Crippen MR) is 76.9 cm³/mol. The first-order valence-electron chi connectivity index (χ1n) is 5.75. The number of rotatable bonds is 5. The molecule has 2 atom stereocenters. The van der Waals surface area contributed by atoms with Gasteiger partial charge in [0.25, 0.3) is 0 Å². The van der Waals surface area contributed by atoms with Crippen LogP contribution >= 0.6 is 23.2 Å². The number of sulfone groups is 1. The Balaban J connectivity index is 3.15. The Morgan fingerprint density at radius 3 is 2.33 bits per heavy atom. The van der Waals surface area contributed by atoms with Crippen LogP contribution in [0.5, 0.6) is 0 Å². The normalized spacial score (nSPS) is 15.4. The van der Waals surface area contributed by atoms with Gasteiger partial charge < -0.3 is 5.73 Å². The van der Waals surface area contributed by atoms with Gasteiger partial charge in [0.05, 0.1) is 5.25 Å². The fourth-order valence-corrected chi connectivity index (χ4v) is 3.98. The summed E-state index contributed by atoms with van der Waals surface area (Å²) in [4.78, 5) is 0. The lowest BCUT2D eigenvalue weighted by Crippen LogP contribution is -2.34. The molecule has 0 spiro atoms. The van der Waals surface area contributed by atoms with Crippen LogP contribution in [0.1, 0.15) is 31.9 Å². The van der Waals surface area contributed by atoms with Crippen molar-refractivity contribution in [1.29, 1.82) is 0 Å². The van der Waals surface area contributed by atoms with Crippen molar-refractivity contribution in [2.75, 3.05) is 5.75 Å². The van der Waals surface area contributed by atoms with E-state index in [-0.39, 0.29) is 5.75 Å². The van der Waals surface area contributed by atoms with Gasteiger partial charge in [-0.25, -0.2) is 8.42 Å². The average Bonchev–Trinajstić information content (AvgIpc) is 2.29. The SMILES string of the molecule is CCC(C(N)c1ccc(Cl)cc1Cl)S(=O)(=O)CC. The van der Waals surface area contributed by atoms with Crippen molar-refractivity contribution in [2.24, 2.45) is 5.73 Å². The molecule has 0 saturated carbocycles. The van der Waals surface area contributed by atoms with E-state index in [9.17, 15) is 8.42 Å². The lowest BCUT2D eigenvalue weighted by atomic mass is 10.0. The van der Waals surface area contributed by atoms with Crippen LogP contribution in [-0.4, -0.2) is 19.4 Å². The maximum absolute atomic E-state index is 12.0. The highest BCUT2D eigenvalue weighted by Gasteiger charge is 2.30. The van der Waals surface area contributed by atoms with Crippen LogP contribution in [0.15, 0.2) is 18.2 Å². The number of nitrogens with two attached hydrogens (primary N) is 1. The summed E-state index contributed by atoms with van der Waals surface area (Å²) in [7, 11) is -3.20. The zero-order valence-electron chi connectivity index (χ0n) is 10.4. The molecule has 0 fully saturated rings. The third kappa shape index (κ3) is 3.38. The van der Waals surface area contributed by atoms with E-state index in [0.29, 0.717) is 22.0 Å². The molecule has 0 aliphatic rings. The van der Waals surface area contributed by atoms with E-state index in [1.165, 1.54) is 0 Å². The molecule has 0 saturated heterocycles. The van der Waals surface area contributed by atoms with Gasteiger partial charge in [-0.3, -0.25) is 0 Å². The van der Waals surface area contributed by atoms with Crippen LogP contribution in [0.2, 0.25) is 10.0 Å². The third-order valence-electron chi connectivity index (χ3n) is 2.99. The van der Waals surface area contributed by atoms with Crippen molar-refractivity contribution in [1.82, 2.24) is 0 Å². The monoisotopic (exact) mass is 309 g/mol. The largest absolute Gasteiger partial charge is 0.323 e. The van der Waals surface area contributed by atoms with E-state index in [4.69, 9.17) is 28.9 Å². The number of halogens is 2. The van der Waals surface area contributed by atoms with Gasteiger partial charge in [0, 0.05) is 21.8 Å². The van der Waals surface area contributed by atoms with E-state index in [2.05, 4.69) is 0 Å². The van der Waals surface area contributed by atoms with Gasteiger partial charge in [-0.1, -0.05) is 43.1 Å². The van der Waals surface area contributed by atoms with Crippen molar-refractivity contribution in [3.05, 3.63) is 33.8 Å². The quantitative estimate of drug-likeness (QED) is 0.908. The minimum Gasteiger partial charge on any atom is -0.323 e. The summed E-state index contributed by atoms with van der Waals surface area (Å²) in [6.45, 7) is 3.43. The Morgan fingerprint density at radius 2 is 1.89 bits per heavy atom. The first kappa shape index (κ1) is 15.8. The molecule has 0 aliphatic carbocycles. The second-order valence-electron chi connectivity index (χ2n) is 4.09. The first-order valence-corrected chi connectivity index (χ1v) is 8.22. The zero-order valence-corrected chi connectivity index (χ0v) is 12.7. The van der Waals surface area contributed by atoms with Crippen LogP contribution in [0.4, 0.5) is 0 Å². The molecule has 2 unspecified atom stereocenters. The van der Waals surface area contributed by atoms with Crippen LogP contribution in [0, 0.1) is 0 Å². The van der Waals surface area contributed by atoms with E-state index in [0.717, 1.165) is 0 Å². The van der Waals surface area contributed by atoms with Crippen molar-refractivity contribution < 1.29 is 8.42 Å². The second-order valence-corrected chi connectivity index (χ2v) is 7.44. The standard InChI is InChI=1S/C12H17Cl2NO2S/c1-3-11(18(16,17)4-2)12(15)9-6-5-8(13)7-10(9)14/h5-7,11-12H,3-4,15H2,1-2H3. The molecule has 0 heterocycles. The Bertz CT molecular complexity index is 517. The van der Waals surface area contributed by atoms with Crippen LogP contribution < -0.4 is 5.73 Å². The average molecular weight is 310 g/mol. The second kappa shape index (κ2) is 6.24. The summed E-state index contributed by atoms with van der Waals surface area (Å²) in [5, 5.41) is 0.281. The first-order chi connectivity index (χ1) is 8.33. The minimum absolute atomic E-state index is 0.0738. The molecular weight excluding hydrogens is 293 g/mol. The van der Waals surface area contributed by atoms with Gasteiger partial charge in [-0.15, -0.1) is 0 Å². The lowest BCUT2D eigenvalue weighted by Gasteiger charge is -2.23. The molecule has 0 amide bonds. The van der Waals surface area contributed by atoms with Gasteiger partial charge in [0.1, 0.15) is 0 Å². The lowest BCUT2D eigenvalue weighted by molar-refractivity contribution is 0.549. The fourth-order valence-electron chi connectivity index (χ4n) is 1.92. The highest BCUT2D eigenvalue weighted by atomic mass is 35.5. The number of benzene rings is 1. The molecule has 1 rings (SSSR count). The molecule has 18 heavy (non-hydrogen) atoms. The Kier molecular flexibility index (Phi) is 5.46. The predicted octanol–water partition coefficient (Wildman–Crippen LogP) is 3.21. The van der Waals surface area contributed by atoms with Crippen LogP contribution in [-0.2, 0) is 9.84 Å². The number of hydrogen-bond donors (Lipinski definition) is 1. The minimum atomic E-state index is -3.20. The van der Waals surface area contributed by atoms with Crippen LogP contribution in [0.25, 0.3) is 0 Å². The van der Waals surface area contributed by atoms with E-state index < -0.39 is 21.1 Å². The molecule has 102 valence electrons. The molecule has 0 radical (unpaired) electrons. The molecule has 0 bridgehead atoms. The van der Waals surface area contributed by atoms with Crippen molar-refractivity contribution in [2.45, 2.75) is 31.6 Å². The highest BCUT2D eigenvalue weighted by Crippen LogP contribution is 2.30. The van der Waals surface area contributed by atoms with Crippen molar-refractivity contribution in [3.8, 4) is 0 Å². The highest BCUT2D eigenvalue weighted by molar-refractivity contribution is 7.92. The molecule has 6 heteroatoms. The van der Waals surface area contributed by atoms with Crippen molar-refractivity contribution in [3.63, 3.8) is 0 Å². The van der Waals surface area contributed by atoms with Gasteiger partial charge >= 0.3 is 0 Å². The molecule has 1 aromatic carbocycles. The summed E-state index contributed by atoms with van der Waals surface area (Å²) in [6.07, 6.45) is 0.455. The van der Waals surface area contributed by atoms with E-state index in [1.54, 1.807) is 25.1 Å².